The maximum Gasteiger partial charge on any atom is 0.316 e. The highest BCUT2D eigenvalue weighted by Gasteiger charge is 2.39. The van der Waals surface area contributed by atoms with Crippen LogP contribution in [-0.4, -0.2) is 29.5 Å². The molecule has 2 rings (SSSR count). The van der Waals surface area contributed by atoms with Gasteiger partial charge in [0.15, 0.2) is 0 Å². The molecule has 0 saturated heterocycles. The first-order chi connectivity index (χ1) is 11.5. The molecule has 0 aliphatic rings. The topological polar surface area (TPSA) is 63.6 Å². The lowest BCUT2D eigenvalue weighted by Crippen LogP contribution is -2.26. The lowest BCUT2D eigenvalue weighted by Gasteiger charge is -2.24. The van der Waals surface area contributed by atoms with Crippen LogP contribution in [0, 0.1) is 0 Å². The molecule has 1 N–H and O–H groups in total. The van der Waals surface area contributed by atoms with Crippen LogP contribution in [0.3, 0.4) is 0 Å². The molecular formula is C19H23O4P. The predicted octanol–water partition coefficient (Wildman–Crippen LogP) is 4.24. The minimum atomic E-state index is -3.32. The van der Waals surface area contributed by atoms with Crippen LogP contribution in [0.25, 0.3) is 0 Å². The van der Waals surface area contributed by atoms with Crippen molar-refractivity contribution in [3.8, 4) is 0 Å². The average Bonchev–Trinajstić information content (AvgIpc) is 2.60. The van der Waals surface area contributed by atoms with Crippen LogP contribution >= 0.6 is 7.37 Å². The fourth-order valence-corrected chi connectivity index (χ4v) is 5.14. The summed E-state index contributed by atoms with van der Waals surface area (Å²) in [7, 11) is -3.32. The molecule has 0 heterocycles. The second-order valence-corrected chi connectivity index (χ2v) is 8.43. The number of aliphatic carboxylic acids is 1. The van der Waals surface area contributed by atoms with Crippen molar-refractivity contribution in [1.29, 1.82) is 0 Å². The van der Waals surface area contributed by atoms with Gasteiger partial charge in [-0.2, -0.15) is 0 Å². The summed E-state index contributed by atoms with van der Waals surface area (Å²) in [5.41, 5.74) is 0.856. The molecule has 0 spiro atoms. The lowest BCUT2D eigenvalue weighted by molar-refractivity contribution is -0.136. The van der Waals surface area contributed by atoms with Crippen molar-refractivity contribution in [2.75, 3.05) is 12.8 Å². The fraction of sp³-hybridized carbons (Fsp3) is 0.316. The molecule has 128 valence electrons. The second-order valence-electron chi connectivity index (χ2n) is 5.65. The summed E-state index contributed by atoms with van der Waals surface area (Å²) in [6.45, 7) is 1.99. The van der Waals surface area contributed by atoms with Gasteiger partial charge in [-0.05, 0) is 30.9 Å². The van der Waals surface area contributed by atoms with Gasteiger partial charge >= 0.3 is 5.97 Å². The highest BCUT2D eigenvalue weighted by molar-refractivity contribution is 7.60. The van der Waals surface area contributed by atoms with Gasteiger partial charge in [0, 0.05) is 6.16 Å². The standard InChI is InChI=1S/C19H23O4P/c1-2-23-24(22,14-13-16-9-5-3-6-10-16)18(19(20)21)15-17-11-7-4-8-12-17/h3-12,18H,2,13-15H2,1H3,(H,20,21). The molecule has 0 aromatic heterocycles. The number of aryl methyl sites for hydroxylation is 1. The largest absolute Gasteiger partial charge is 0.481 e. The molecule has 2 aromatic carbocycles. The SMILES string of the molecule is CCOP(=O)(CCc1ccccc1)C(Cc1ccccc1)C(=O)O. The van der Waals surface area contributed by atoms with E-state index in [1.165, 1.54) is 0 Å². The molecule has 0 radical (unpaired) electrons. The van der Waals surface area contributed by atoms with Gasteiger partial charge in [0.2, 0.25) is 7.37 Å². The van der Waals surface area contributed by atoms with Crippen molar-refractivity contribution in [2.45, 2.75) is 25.4 Å². The molecule has 5 heteroatoms. The molecule has 2 atom stereocenters. The number of benzene rings is 2. The minimum Gasteiger partial charge on any atom is -0.481 e. The number of carboxylic acid groups (broad SMARTS) is 1. The zero-order valence-corrected chi connectivity index (χ0v) is 14.7. The van der Waals surface area contributed by atoms with Crippen molar-refractivity contribution in [3.05, 3.63) is 71.8 Å². The van der Waals surface area contributed by atoms with E-state index in [-0.39, 0.29) is 19.2 Å². The van der Waals surface area contributed by atoms with E-state index in [2.05, 4.69) is 0 Å². The first-order valence-corrected chi connectivity index (χ1v) is 9.97. The fourth-order valence-electron chi connectivity index (χ4n) is 2.69. The van der Waals surface area contributed by atoms with Crippen LogP contribution in [0.15, 0.2) is 60.7 Å². The maximum absolute atomic E-state index is 13.3. The first kappa shape index (κ1) is 18.4. The van der Waals surface area contributed by atoms with Gasteiger partial charge in [-0.25, -0.2) is 0 Å². The molecule has 0 bridgehead atoms. The van der Waals surface area contributed by atoms with Gasteiger partial charge in [-0.3, -0.25) is 9.36 Å². The predicted molar refractivity (Wildman–Crippen MR) is 95.8 cm³/mol. The van der Waals surface area contributed by atoms with Gasteiger partial charge < -0.3 is 9.63 Å². The molecule has 24 heavy (non-hydrogen) atoms. The van der Waals surface area contributed by atoms with Crippen LogP contribution < -0.4 is 0 Å². The number of hydrogen-bond donors (Lipinski definition) is 1. The summed E-state index contributed by atoms with van der Waals surface area (Å²) in [5.74, 6) is -1.07. The van der Waals surface area contributed by atoms with Gasteiger partial charge in [0.1, 0.15) is 5.66 Å². The molecule has 0 amide bonds. The summed E-state index contributed by atoms with van der Waals surface area (Å²) < 4.78 is 18.9. The Kier molecular flexibility index (Phi) is 6.77. The van der Waals surface area contributed by atoms with Gasteiger partial charge in [0.05, 0.1) is 6.61 Å². The Morgan fingerprint density at radius 3 is 2.08 bits per heavy atom. The molecule has 0 fully saturated rings. The van der Waals surface area contributed by atoms with Crippen LogP contribution in [0.2, 0.25) is 0 Å². The van der Waals surface area contributed by atoms with Crippen molar-refractivity contribution in [1.82, 2.24) is 0 Å². The summed E-state index contributed by atoms with van der Waals surface area (Å²) in [6.07, 6.45) is 0.980. The van der Waals surface area contributed by atoms with Crippen LogP contribution in [0.5, 0.6) is 0 Å². The molecule has 0 aliphatic heterocycles. The molecule has 4 nitrogen and oxygen atoms in total. The van der Waals surface area contributed by atoms with E-state index in [1.807, 2.05) is 60.7 Å². The third-order valence-electron chi connectivity index (χ3n) is 3.93. The lowest BCUT2D eigenvalue weighted by atomic mass is 10.1. The number of rotatable bonds is 9. The normalized spacial score (nSPS) is 14.7. The third kappa shape index (κ3) is 5.05. The molecular weight excluding hydrogens is 323 g/mol. The summed E-state index contributed by atoms with van der Waals surface area (Å²) in [6, 6.07) is 18.9. The molecule has 0 aliphatic carbocycles. The van der Waals surface area contributed by atoms with E-state index in [1.54, 1.807) is 6.92 Å². The van der Waals surface area contributed by atoms with E-state index in [0.717, 1.165) is 11.1 Å². The Morgan fingerprint density at radius 1 is 1.04 bits per heavy atom. The van der Waals surface area contributed by atoms with Crippen molar-refractivity contribution < 1.29 is 19.0 Å². The Bertz CT molecular complexity index is 685. The molecule has 2 unspecified atom stereocenters. The van der Waals surface area contributed by atoms with Crippen LogP contribution in [0.1, 0.15) is 18.1 Å². The Labute approximate surface area is 142 Å². The Balaban J connectivity index is 2.19. The van der Waals surface area contributed by atoms with E-state index < -0.39 is 19.0 Å². The smallest absolute Gasteiger partial charge is 0.316 e. The summed E-state index contributed by atoms with van der Waals surface area (Å²) in [5, 5.41) is 9.64. The zero-order valence-electron chi connectivity index (χ0n) is 13.8. The van der Waals surface area contributed by atoms with E-state index >= 15 is 0 Å². The number of carboxylic acids is 1. The Hall–Kier alpha value is -1.90. The minimum absolute atomic E-state index is 0.211. The Morgan fingerprint density at radius 2 is 1.58 bits per heavy atom. The molecule has 2 aromatic rings. The highest BCUT2D eigenvalue weighted by Crippen LogP contribution is 2.53. The second kappa shape index (κ2) is 8.81. The summed E-state index contributed by atoms with van der Waals surface area (Å²) in [4.78, 5) is 11.8. The van der Waals surface area contributed by atoms with Crippen molar-refractivity contribution in [2.24, 2.45) is 0 Å². The maximum atomic E-state index is 13.3. The highest BCUT2D eigenvalue weighted by atomic mass is 31.2. The average molecular weight is 346 g/mol. The number of carbonyl (C=O) groups is 1. The van der Waals surface area contributed by atoms with Crippen LogP contribution in [-0.2, 0) is 26.7 Å². The molecule has 0 saturated carbocycles. The van der Waals surface area contributed by atoms with Gasteiger partial charge in [-0.15, -0.1) is 0 Å². The van der Waals surface area contributed by atoms with Crippen molar-refractivity contribution in [3.63, 3.8) is 0 Å². The first-order valence-electron chi connectivity index (χ1n) is 8.09. The third-order valence-corrected chi connectivity index (χ3v) is 6.83. The number of hydrogen-bond acceptors (Lipinski definition) is 3. The van der Waals surface area contributed by atoms with Crippen LogP contribution in [0.4, 0.5) is 0 Å². The summed E-state index contributed by atoms with van der Waals surface area (Å²) >= 11 is 0. The van der Waals surface area contributed by atoms with Gasteiger partial charge in [0.25, 0.3) is 0 Å². The van der Waals surface area contributed by atoms with E-state index in [9.17, 15) is 14.5 Å². The monoisotopic (exact) mass is 346 g/mol. The zero-order chi connectivity index (χ0) is 17.4. The quantitative estimate of drug-likeness (QED) is 0.690. The van der Waals surface area contributed by atoms with Gasteiger partial charge in [-0.1, -0.05) is 60.7 Å². The van der Waals surface area contributed by atoms with E-state index in [0.29, 0.717) is 6.42 Å². The van der Waals surface area contributed by atoms with E-state index in [4.69, 9.17) is 4.52 Å². The van der Waals surface area contributed by atoms with Crippen molar-refractivity contribution >= 4 is 13.3 Å².